The smallest absolute Gasteiger partial charge is 0.220 e. The second-order valence-corrected chi connectivity index (χ2v) is 7.52. The molecule has 1 aliphatic rings. The first kappa shape index (κ1) is 23.6. The number of nitrogens with one attached hydrogen (secondary N) is 2. The summed E-state index contributed by atoms with van der Waals surface area (Å²) in [4.78, 5) is 12.1. The normalized spacial score (nSPS) is 14.5. The molecular formula is C21H35ClN2O3. The zero-order valence-electron chi connectivity index (χ0n) is 16.9. The van der Waals surface area contributed by atoms with E-state index in [-0.39, 0.29) is 18.3 Å². The summed E-state index contributed by atoms with van der Waals surface area (Å²) in [6.07, 6.45) is 4.97. The molecule has 0 aromatic heterocycles. The van der Waals surface area contributed by atoms with Crippen molar-refractivity contribution in [1.29, 1.82) is 0 Å². The zero-order chi connectivity index (χ0) is 18.8. The Morgan fingerprint density at radius 2 is 2.00 bits per heavy atom. The highest BCUT2D eigenvalue weighted by atomic mass is 35.5. The lowest BCUT2D eigenvalue weighted by Gasteiger charge is -2.22. The predicted octanol–water partition coefficient (Wildman–Crippen LogP) is 3.94. The van der Waals surface area contributed by atoms with Crippen LogP contribution in [0, 0.1) is 11.8 Å². The van der Waals surface area contributed by atoms with Gasteiger partial charge in [-0.1, -0.05) is 19.9 Å². The number of ether oxygens (including phenoxy) is 2. The van der Waals surface area contributed by atoms with Crippen molar-refractivity contribution >= 4 is 18.3 Å². The van der Waals surface area contributed by atoms with Crippen molar-refractivity contribution in [3.63, 3.8) is 0 Å². The van der Waals surface area contributed by atoms with Crippen molar-refractivity contribution < 1.29 is 14.3 Å². The Kier molecular flexibility index (Phi) is 11.2. The first-order chi connectivity index (χ1) is 12.6. The molecule has 1 aliphatic heterocycles. The molecule has 0 bridgehead atoms. The van der Waals surface area contributed by atoms with E-state index in [1.54, 1.807) is 7.11 Å². The van der Waals surface area contributed by atoms with Crippen molar-refractivity contribution in [3.05, 3.63) is 23.8 Å². The van der Waals surface area contributed by atoms with Gasteiger partial charge in [0.25, 0.3) is 0 Å². The van der Waals surface area contributed by atoms with Crippen molar-refractivity contribution in [2.45, 2.75) is 52.5 Å². The number of piperidine rings is 1. The number of carbonyl (C=O) groups is 1. The molecule has 1 aromatic rings. The van der Waals surface area contributed by atoms with E-state index < -0.39 is 0 Å². The molecule has 2 N–H and O–H groups in total. The van der Waals surface area contributed by atoms with Gasteiger partial charge >= 0.3 is 0 Å². The summed E-state index contributed by atoms with van der Waals surface area (Å²) in [5.74, 6) is 2.90. The number of methoxy groups -OCH3 is 1. The second kappa shape index (κ2) is 12.8. The summed E-state index contributed by atoms with van der Waals surface area (Å²) in [6.45, 7) is 7.72. The van der Waals surface area contributed by atoms with Gasteiger partial charge in [-0.05, 0) is 68.3 Å². The van der Waals surface area contributed by atoms with Gasteiger partial charge in [-0.2, -0.15) is 0 Å². The average Bonchev–Trinajstić information content (AvgIpc) is 2.65. The molecule has 1 saturated heterocycles. The summed E-state index contributed by atoms with van der Waals surface area (Å²) in [5.41, 5.74) is 1.02. The lowest BCUT2D eigenvalue weighted by molar-refractivity contribution is -0.121. The van der Waals surface area contributed by atoms with Crippen LogP contribution >= 0.6 is 12.4 Å². The molecule has 1 heterocycles. The van der Waals surface area contributed by atoms with Gasteiger partial charge in [0, 0.05) is 13.0 Å². The maximum Gasteiger partial charge on any atom is 0.220 e. The lowest BCUT2D eigenvalue weighted by atomic mass is 9.93. The van der Waals surface area contributed by atoms with Gasteiger partial charge in [0.15, 0.2) is 11.5 Å². The largest absolute Gasteiger partial charge is 0.493 e. The second-order valence-electron chi connectivity index (χ2n) is 7.52. The fourth-order valence-corrected chi connectivity index (χ4v) is 3.14. The molecule has 0 atom stereocenters. The SMILES string of the molecule is COc1cc(CNC(=O)CCC2CCNCC2)ccc1OCCC(C)C.Cl. The highest BCUT2D eigenvalue weighted by Gasteiger charge is 2.14. The molecule has 0 saturated carbocycles. The maximum atomic E-state index is 12.1. The topological polar surface area (TPSA) is 59.6 Å². The Hall–Kier alpha value is -1.46. The molecular weight excluding hydrogens is 364 g/mol. The number of benzene rings is 1. The van der Waals surface area contributed by atoms with Crippen LogP contribution in [0.5, 0.6) is 11.5 Å². The van der Waals surface area contributed by atoms with Crippen molar-refractivity contribution in [3.8, 4) is 11.5 Å². The lowest BCUT2D eigenvalue weighted by Crippen LogP contribution is -2.29. The molecule has 6 heteroatoms. The fraction of sp³-hybridized carbons (Fsp3) is 0.667. The molecule has 0 aliphatic carbocycles. The van der Waals surface area contributed by atoms with E-state index in [4.69, 9.17) is 9.47 Å². The standard InChI is InChI=1S/C21H34N2O3.ClH/c1-16(2)10-13-26-19-6-4-18(14-20(19)25-3)15-23-21(24)7-5-17-8-11-22-12-9-17;/h4,6,14,16-17,22H,5,7-13,15H2,1-3H3,(H,23,24);1H. The first-order valence-electron chi connectivity index (χ1n) is 9.85. The summed E-state index contributed by atoms with van der Waals surface area (Å²) < 4.78 is 11.2. The quantitative estimate of drug-likeness (QED) is 0.626. The van der Waals surface area contributed by atoms with Crippen LogP contribution < -0.4 is 20.1 Å². The van der Waals surface area contributed by atoms with Crippen LogP contribution in [0.3, 0.4) is 0 Å². The van der Waals surface area contributed by atoms with Gasteiger partial charge in [-0.15, -0.1) is 12.4 Å². The number of carbonyl (C=O) groups excluding carboxylic acids is 1. The molecule has 0 unspecified atom stereocenters. The maximum absolute atomic E-state index is 12.1. The third-order valence-electron chi connectivity index (χ3n) is 4.91. The van der Waals surface area contributed by atoms with Gasteiger partial charge < -0.3 is 20.1 Å². The molecule has 1 fully saturated rings. The minimum absolute atomic E-state index is 0. The Balaban J connectivity index is 0.00000364. The first-order valence-corrected chi connectivity index (χ1v) is 9.85. The Labute approximate surface area is 170 Å². The van der Waals surface area contributed by atoms with Gasteiger partial charge in [-0.3, -0.25) is 4.79 Å². The summed E-state index contributed by atoms with van der Waals surface area (Å²) >= 11 is 0. The highest BCUT2D eigenvalue weighted by Crippen LogP contribution is 2.28. The number of rotatable bonds is 10. The minimum atomic E-state index is 0. The third-order valence-corrected chi connectivity index (χ3v) is 4.91. The van der Waals surface area contributed by atoms with E-state index >= 15 is 0 Å². The van der Waals surface area contributed by atoms with E-state index in [0.29, 0.717) is 31.4 Å². The number of hydrogen-bond donors (Lipinski definition) is 2. The molecule has 1 amide bonds. The van der Waals surface area contributed by atoms with Crippen molar-refractivity contribution in [2.75, 3.05) is 26.8 Å². The Bertz CT molecular complexity index is 560. The van der Waals surface area contributed by atoms with Crippen LogP contribution in [0.15, 0.2) is 18.2 Å². The Morgan fingerprint density at radius 1 is 1.26 bits per heavy atom. The minimum Gasteiger partial charge on any atom is -0.493 e. The number of hydrogen-bond acceptors (Lipinski definition) is 4. The summed E-state index contributed by atoms with van der Waals surface area (Å²) in [6, 6.07) is 5.85. The van der Waals surface area contributed by atoms with Crippen LogP contribution in [0.2, 0.25) is 0 Å². The van der Waals surface area contributed by atoms with Crippen LogP contribution in [-0.2, 0) is 11.3 Å². The highest BCUT2D eigenvalue weighted by molar-refractivity contribution is 5.85. The van der Waals surface area contributed by atoms with Crippen LogP contribution in [0.1, 0.15) is 51.5 Å². The van der Waals surface area contributed by atoms with E-state index in [9.17, 15) is 4.79 Å². The van der Waals surface area contributed by atoms with Gasteiger partial charge in [-0.25, -0.2) is 0 Å². The molecule has 0 spiro atoms. The predicted molar refractivity (Wildman–Crippen MR) is 112 cm³/mol. The monoisotopic (exact) mass is 398 g/mol. The fourth-order valence-electron chi connectivity index (χ4n) is 3.14. The van der Waals surface area contributed by atoms with Crippen molar-refractivity contribution in [1.82, 2.24) is 10.6 Å². The van der Waals surface area contributed by atoms with E-state index in [1.165, 1.54) is 12.8 Å². The van der Waals surface area contributed by atoms with Crippen LogP contribution in [0.4, 0.5) is 0 Å². The van der Waals surface area contributed by atoms with Crippen LogP contribution in [-0.4, -0.2) is 32.7 Å². The molecule has 27 heavy (non-hydrogen) atoms. The van der Waals surface area contributed by atoms with Crippen LogP contribution in [0.25, 0.3) is 0 Å². The van der Waals surface area contributed by atoms with E-state index in [1.807, 2.05) is 18.2 Å². The molecule has 154 valence electrons. The average molecular weight is 399 g/mol. The Morgan fingerprint density at radius 3 is 2.67 bits per heavy atom. The molecule has 5 nitrogen and oxygen atoms in total. The van der Waals surface area contributed by atoms with Gasteiger partial charge in [0.05, 0.1) is 13.7 Å². The van der Waals surface area contributed by atoms with E-state index in [0.717, 1.165) is 43.0 Å². The molecule has 0 radical (unpaired) electrons. The van der Waals surface area contributed by atoms with Gasteiger partial charge in [0.1, 0.15) is 0 Å². The van der Waals surface area contributed by atoms with Gasteiger partial charge in [0.2, 0.25) is 5.91 Å². The molecule has 1 aromatic carbocycles. The zero-order valence-corrected chi connectivity index (χ0v) is 17.7. The van der Waals surface area contributed by atoms with E-state index in [2.05, 4.69) is 24.5 Å². The third kappa shape index (κ3) is 8.85. The number of halogens is 1. The molecule has 2 rings (SSSR count). The summed E-state index contributed by atoms with van der Waals surface area (Å²) in [5, 5.41) is 6.38. The van der Waals surface area contributed by atoms with Crippen molar-refractivity contribution in [2.24, 2.45) is 11.8 Å². The number of amides is 1. The summed E-state index contributed by atoms with van der Waals surface area (Å²) in [7, 11) is 1.64.